The average Bonchev–Trinajstić information content (AvgIpc) is 2.74. The van der Waals surface area contributed by atoms with E-state index in [0.717, 1.165) is 30.4 Å². The van der Waals surface area contributed by atoms with Gasteiger partial charge in [0.2, 0.25) is 11.8 Å². The van der Waals surface area contributed by atoms with Crippen molar-refractivity contribution in [3.8, 4) is 0 Å². The molecule has 2 unspecified atom stereocenters. The summed E-state index contributed by atoms with van der Waals surface area (Å²) < 4.78 is 0. The van der Waals surface area contributed by atoms with Crippen LogP contribution in [0.1, 0.15) is 36.5 Å². The molecule has 1 fully saturated rings. The maximum absolute atomic E-state index is 13.0. The minimum absolute atomic E-state index is 0.00752. The number of nitrogens with zero attached hydrogens (tertiary/aromatic N) is 1. The van der Waals surface area contributed by atoms with E-state index in [4.69, 9.17) is 0 Å². The summed E-state index contributed by atoms with van der Waals surface area (Å²) in [6, 6.07) is 16.5. The number of piperidine rings is 1. The molecule has 3 rings (SSSR count). The third-order valence-electron chi connectivity index (χ3n) is 5.11. The summed E-state index contributed by atoms with van der Waals surface area (Å²) in [6.07, 6.45) is 3.48. The third kappa shape index (κ3) is 4.87. The Morgan fingerprint density at radius 2 is 1.96 bits per heavy atom. The van der Waals surface area contributed by atoms with Crippen LogP contribution >= 0.6 is 0 Å². The van der Waals surface area contributed by atoms with Crippen LogP contribution in [0.5, 0.6) is 0 Å². The van der Waals surface area contributed by atoms with Gasteiger partial charge in [-0.25, -0.2) is 0 Å². The Hall–Kier alpha value is -2.92. The molecule has 146 valence electrons. The topological polar surface area (TPSA) is 69.6 Å². The number of hydrogen-bond acceptors (Lipinski definition) is 3. The van der Waals surface area contributed by atoms with Crippen molar-refractivity contribution in [1.29, 1.82) is 0 Å². The molecule has 1 aliphatic rings. The largest absolute Gasteiger partial charge is 0.386 e. The summed E-state index contributed by atoms with van der Waals surface area (Å²) in [6.45, 7) is 4.10. The third-order valence-corrected chi connectivity index (χ3v) is 5.11. The fourth-order valence-corrected chi connectivity index (χ4v) is 3.70. The van der Waals surface area contributed by atoms with E-state index in [2.05, 4.69) is 11.9 Å². The van der Waals surface area contributed by atoms with Gasteiger partial charge in [-0.15, -0.1) is 0 Å². The summed E-state index contributed by atoms with van der Waals surface area (Å²) in [5.74, 6) is -0.294. The lowest BCUT2D eigenvalue weighted by Gasteiger charge is -2.38. The molecule has 2 amide bonds. The molecule has 1 aliphatic heterocycles. The van der Waals surface area contributed by atoms with E-state index in [0.29, 0.717) is 12.2 Å². The molecule has 2 N–H and O–H groups in total. The molecule has 5 heteroatoms. The first-order valence-electron chi connectivity index (χ1n) is 9.63. The van der Waals surface area contributed by atoms with Gasteiger partial charge in [-0.2, -0.15) is 0 Å². The molecule has 1 saturated heterocycles. The number of hydrogen-bond donors (Lipinski definition) is 2. The second kappa shape index (κ2) is 9.33. The van der Waals surface area contributed by atoms with Gasteiger partial charge in [-0.05, 0) is 48.6 Å². The van der Waals surface area contributed by atoms with Crippen LogP contribution in [0.2, 0.25) is 0 Å². The summed E-state index contributed by atoms with van der Waals surface area (Å²) in [5.41, 5.74) is 2.29. The molecular formula is C23H26N2O3. The molecule has 28 heavy (non-hydrogen) atoms. The molecule has 0 spiro atoms. The monoisotopic (exact) mass is 378 g/mol. The smallest absolute Gasteiger partial charge is 0.247 e. The van der Waals surface area contributed by atoms with Gasteiger partial charge < -0.3 is 15.3 Å². The Balaban J connectivity index is 1.72. The van der Waals surface area contributed by atoms with Crippen LogP contribution in [0, 0.1) is 0 Å². The highest BCUT2D eigenvalue weighted by Gasteiger charge is 2.32. The Bertz CT molecular complexity index is 835. The Kier molecular flexibility index (Phi) is 6.61. The van der Waals surface area contributed by atoms with E-state index >= 15 is 0 Å². The molecule has 2 aromatic carbocycles. The van der Waals surface area contributed by atoms with Gasteiger partial charge in [-0.1, -0.05) is 49.0 Å². The SMILES string of the molecule is C=CC(=O)Nc1cccc(CC(=O)N2CCCCC2C(O)c2ccccc2)c1. The second-order valence-electron chi connectivity index (χ2n) is 7.08. The maximum Gasteiger partial charge on any atom is 0.247 e. The van der Waals surface area contributed by atoms with Gasteiger partial charge in [-0.3, -0.25) is 9.59 Å². The molecule has 0 saturated carbocycles. The van der Waals surface area contributed by atoms with Crippen LogP contribution in [-0.4, -0.2) is 34.4 Å². The number of likely N-dealkylation sites (tertiary alicyclic amines) is 1. The van der Waals surface area contributed by atoms with Crippen LogP contribution in [0.4, 0.5) is 5.69 Å². The van der Waals surface area contributed by atoms with Crippen LogP contribution in [-0.2, 0) is 16.0 Å². The van der Waals surface area contributed by atoms with Crippen molar-refractivity contribution < 1.29 is 14.7 Å². The molecule has 2 aromatic rings. The molecule has 1 heterocycles. The normalized spacial score (nSPS) is 17.6. The second-order valence-corrected chi connectivity index (χ2v) is 7.08. The van der Waals surface area contributed by atoms with Gasteiger partial charge in [0, 0.05) is 12.2 Å². The van der Waals surface area contributed by atoms with Crippen molar-refractivity contribution >= 4 is 17.5 Å². The number of amides is 2. The Morgan fingerprint density at radius 1 is 1.18 bits per heavy atom. The number of carbonyl (C=O) groups is 2. The molecular weight excluding hydrogens is 352 g/mol. The molecule has 0 radical (unpaired) electrons. The molecule has 0 aliphatic carbocycles. The van der Waals surface area contributed by atoms with E-state index < -0.39 is 6.10 Å². The quantitative estimate of drug-likeness (QED) is 0.756. The number of anilines is 1. The van der Waals surface area contributed by atoms with Crippen LogP contribution in [0.3, 0.4) is 0 Å². The molecule has 0 aromatic heterocycles. The van der Waals surface area contributed by atoms with E-state index in [1.165, 1.54) is 6.08 Å². The van der Waals surface area contributed by atoms with Crippen LogP contribution in [0.25, 0.3) is 0 Å². The van der Waals surface area contributed by atoms with Crippen molar-refractivity contribution in [2.24, 2.45) is 0 Å². The summed E-state index contributed by atoms with van der Waals surface area (Å²) in [7, 11) is 0. The van der Waals surface area contributed by atoms with Gasteiger partial charge in [0.15, 0.2) is 0 Å². The standard InChI is InChI=1S/C23H26N2O3/c1-2-21(26)24-19-12-8-9-17(15-19)16-22(27)25-14-7-6-13-20(25)23(28)18-10-4-3-5-11-18/h2-5,8-12,15,20,23,28H,1,6-7,13-14,16H2,(H,24,26). The minimum atomic E-state index is -0.691. The summed E-state index contributed by atoms with van der Waals surface area (Å²) in [5, 5.41) is 13.6. The predicted octanol–water partition coefficient (Wildman–Crippen LogP) is 3.47. The zero-order valence-corrected chi connectivity index (χ0v) is 15.9. The average molecular weight is 378 g/mol. The number of nitrogens with one attached hydrogen (secondary N) is 1. The number of aliphatic hydroxyl groups excluding tert-OH is 1. The highest BCUT2D eigenvalue weighted by molar-refractivity contribution is 5.98. The number of aliphatic hydroxyl groups is 1. The van der Waals surface area contributed by atoms with E-state index in [1.807, 2.05) is 47.4 Å². The number of benzene rings is 2. The lowest BCUT2D eigenvalue weighted by atomic mass is 9.92. The molecule has 5 nitrogen and oxygen atoms in total. The maximum atomic E-state index is 13.0. The summed E-state index contributed by atoms with van der Waals surface area (Å²) >= 11 is 0. The van der Waals surface area contributed by atoms with Gasteiger partial charge in [0.25, 0.3) is 0 Å². The van der Waals surface area contributed by atoms with E-state index in [-0.39, 0.29) is 24.3 Å². The summed E-state index contributed by atoms with van der Waals surface area (Å²) in [4.78, 5) is 26.3. The first-order valence-corrected chi connectivity index (χ1v) is 9.63. The lowest BCUT2D eigenvalue weighted by Crippen LogP contribution is -2.47. The lowest BCUT2D eigenvalue weighted by molar-refractivity contribution is -0.137. The van der Waals surface area contributed by atoms with Gasteiger partial charge >= 0.3 is 0 Å². The highest BCUT2D eigenvalue weighted by atomic mass is 16.3. The van der Waals surface area contributed by atoms with Crippen LogP contribution < -0.4 is 5.32 Å². The predicted molar refractivity (Wildman–Crippen MR) is 110 cm³/mol. The van der Waals surface area contributed by atoms with Gasteiger partial charge in [0.1, 0.15) is 0 Å². The van der Waals surface area contributed by atoms with E-state index in [9.17, 15) is 14.7 Å². The van der Waals surface area contributed by atoms with Crippen molar-refractivity contribution in [3.05, 3.63) is 78.4 Å². The minimum Gasteiger partial charge on any atom is -0.386 e. The van der Waals surface area contributed by atoms with Crippen LogP contribution in [0.15, 0.2) is 67.3 Å². The molecule has 2 atom stereocenters. The fraction of sp³-hybridized carbons (Fsp3) is 0.304. The number of rotatable bonds is 6. The zero-order valence-electron chi connectivity index (χ0n) is 15.9. The fourth-order valence-electron chi connectivity index (χ4n) is 3.70. The molecule has 0 bridgehead atoms. The number of carbonyl (C=O) groups excluding carboxylic acids is 2. The van der Waals surface area contributed by atoms with E-state index in [1.54, 1.807) is 12.1 Å². The van der Waals surface area contributed by atoms with Crippen molar-refractivity contribution in [2.45, 2.75) is 37.8 Å². The highest BCUT2D eigenvalue weighted by Crippen LogP contribution is 2.29. The van der Waals surface area contributed by atoms with Crippen molar-refractivity contribution in [3.63, 3.8) is 0 Å². The van der Waals surface area contributed by atoms with Crippen molar-refractivity contribution in [1.82, 2.24) is 4.90 Å². The zero-order chi connectivity index (χ0) is 19.9. The van der Waals surface area contributed by atoms with Gasteiger partial charge in [0.05, 0.1) is 18.6 Å². The Labute approximate surface area is 165 Å². The van der Waals surface area contributed by atoms with Crippen molar-refractivity contribution in [2.75, 3.05) is 11.9 Å². The first kappa shape index (κ1) is 19.8. The first-order chi connectivity index (χ1) is 13.6. The Morgan fingerprint density at radius 3 is 2.71 bits per heavy atom.